The van der Waals surface area contributed by atoms with Crippen molar-refractivity contribution in [2.45, 2.75) is 12.7 Å². The van der Waals surface area contributed by atoms with Crippen LogP contribution in [-0.2, 0) is 4.79 Å². The van der Waals surface area contributed by atoms with Gasteiger partial charge in [-0.3, -0.25) is 4.79 Å². The average molecular weight is 92.1 g/mol. The Morgan fingerprint density at radius 3 is 3.17 bits per heavy atom. The SMILES string of the molecule is [2H]N1C(=O)C([2H])([2H])C([2H])([2H])C1([2H])[2H]. The minimum atomic E-state index is -3.02. The molecule has 0 radical (unpaired) electrons. The van der Waals surface area contributed by atoms with Crippen molar-refractivity contribution in [2.24, 2.45) is 0 Å². The minimum absolute atomic E-state index is 0.285. The van der Waals surface area contributed by atoms with Crippen molar-refractivity contribution in [3.8, 4) is 0 Å². The zero-order valence-electron chi connectivity index (χ0n) is 9.86. The van der Waals surface area contributed by atoms with Crippen molar-refractivity contribution >= 4 is 5.91 Å². The molecule has 1 saturated heterocycles. The van der Waals surface area contributed by atoms with Gasteiger partial charge in [-0.05, 0) is 6.37 Å². The van der Waals surface area contributed by atoms with Gasteiger partial charge >= 0.3 is 0 Å². The number of hydrogen-bond donors (Lipinski definition) is 1. The van der Waals surface area contributed by atoms with Crippen LogP contribution in [-0.4, -0.2) is 12.4 Å². The summed E-state index contributed by atoms with van der Waals surface area (Å²) in [4.78, 5) is 10.9. The zero-order valence-corrected chi connectivity index (χ0v) is 2.86. The lowest BCUT2D eigenvalue weighted by Gasteiger charge is -1.80. The molecule has 6 heavy (non-hydrogen) atoms. The number of nitrogens with one attached hydrogen (secondary N) is 1. The number of carbonyl (C=O) groups is 1. The topological polar surface area (TPSA) is 29.1 Å². The molecule has 0 aromatic heterocycles. The van der Waals surface area contributed by atoms with Crippen molar-refractivity contribution in [3.63, 3.8) is 0 Å². The standard InChI is InChI=1S/C4H7NO/c6-4-2-1-3-5-4/h1-3H2,(H,5,6)/i1D2,2D2,3D2/hD. The molecule has 1 N–H and O–H groups in total. The van der Waals surface area contributed by atoms with Gasteiger partial charge in [-0.1, -0.05) is 0 Å². The first-order valence-corrected chi connectivity index (χ1v) is 1.40. The molecule has 1 heterocycles. The normalized spacial score (nSPS) is 65.0. The highest BCUT2D eigenvalue weighted by Gasteiger charge is 2.05. The molecule has 2 nitrogen and oxygen atoms in total. The highest BCUT2D eigenvalue weighted by Crippen LogP contribution is 1.93. The molecule has 0 aromatic carbocycles. The summed E-state index contributed by atoms with van der Waals surface area (Å²) in [5.74, 6) is -1.50. The van der Waals surface area contributed by atoms with Crippen LogP contribution < -0.4 is 5.31 Å². The largest absolute Gasteiger partial charge is 0.356 e. The highest BCUT2D eigenvalue weighted by molar-refractivity contribution is 5.77. The summed E-state index contributed by atoms with van der Waals surface area (Å²) in [7, 11) is 0. The maximum absolute atomic E-state index is 10.9. The first-order valence-electron chi connectivity index (χ1n) is 4.85. The fourth-order valence-electron chi connectivity index (χ4n) is 0.188. The number of rotatable bonds is 0. The molecule has 1 rings (SSSR count). The second-order valence-electron chi connectivity index (χ2n) is 0.779. The second kappa shape index (κ2) is 1.29. The summed E-state index contributed by atoms with van der Waals surface area (Å²) in [6.07, 6.45) is -6.00. The molecule has 0 atom stereocenters. The van der Waals surface area contributed by atoms with E-state index in [0.717, 1.165) is 0 Å². The Kier molecular flexibility index (Phi) is 0.151. The van der Waals surface area contributed by atoms with Gasteiger partial charge in [0.15, 0.2) is 1.41 Å². The molecule has 0 saturated carbocycles. The molecule has 0 bridgehead atoms. The second-order valence-corrected chi connectivity index (χ2v) is 0.779. The van der Waals surface area contributed by atoms with Crippen molar-refractivity contribution in [2.75, 3.05) is 6.50 Å². The summed E-state index contributed by atoms with van der Waals surface area (Å²) in [5.41, 5.74) is 0. The van der Waals surface area contributed by atoms with Crippen molar-refractivity contribution < 1.29 is 14.4 Å². The third-order valence-electron chi connectivity index (χ3n) is 0.383. The lowest BCUT2D eigenvalue weighted by Crippen LogP contribution is -2.12. The van der Waals surface area contributed by atoms with Crippen LogP contribution in [0.15, 0.2) is 0 Å². The van der Waals surface area contributed by atoms with Crippen LogP contribution in [0.5, 0.6) is 0 Å². The Hall–Kier alpha value is -0.530. The van der Waals surface area contributed by atoms with Crippen LogP contribution in [0.2, 0.25) is 1.41 Å². The quantitative estimate of drug-likeness (QED) is 0.444. The molecule has 0 aromatic rings. The fourth-order valence-corrected chi connectivity index (χ4v) is 0.188. The smallest absolute Gasteiger partial charge is 0.220 e. The Morgan fingerprint density at radius 2 is 3.00 bits per heavy atom. The lowest BCUT2D eigenvalue weighted by atomic mass is 10.4. The molecule has 1 aliphatic heterocycles. The number of carbonyl (C=O) groups excluding carboxylic acids is 1. The molecule has 1 amide bonds. The van der Waals surface area contributed by atoms with Gasteiger partial charge in [0.25, 0.3) is 0 Å². The maximum atomic E-state index is 10.9. The molecule has 0 aliphatic carbocycles. The average Bonchev–Trinajstić information content (AvgIpc) is 2.05. The molecule has 0 spiro atoms. The van der Waals surface area contributed by atoms with Crippen LogP contribution in [0.3, 0.4) is 0 Å². The molecule has 34 valence electrons. The van der Waals surface area contributed by atoms with E-state index in [9.17, 15) is 4.79 Å². The summed E-state index contributed by atoms with van der Waals surface area (Å²) < 4.78 is 49.2. The van der Waals surface area contributed by atoms with Crippen LogP contribution in [0.25, 0.3) is 0 Å². The Bertz CT molecular complexity index is 261. The zero-order chi connectivity index (χ0) is 10.7. The summed E-state index contributed by atoms with van der Waals surface area (Å²) >= 11 is 0. The monoisotopic (exact) mass is 92.1 g/mol. The summed E-state index contributed by atoms with van der Waals surface area (Å²) in [5, 5.41) is -0.285. The van der Waals surface area contributed by atoms with Gasteiger partial charge in [0.2, 0.25) is 5.91 Å². The fraction of sp³-hybridized carbons (Fsp3) is 0.750. The van der Waals surface area contributed by atoms with Gasteiger partial charge in [-0.2, -0.15) is 0 Å². The van der Waals surface area contributed by atoms with Crippen molar-refractivity contribution in [3.05, 3.63) is 0 Å². The number of hydrogen-bond acceptors (Lipinski definition) is 1. The van der Waals surface area contributed by atoms with Gasteiger partial charge in [0.05, 0.1) is 0 Å². The van der Waals surface area contributed by atoms with Gasteiger partial charge in [-0.15, -0.1) is 0 Å². The maximum Gasteiger partial charge on any atom is 0.220 e. The van der Waals surface area contributed by atoms with Crippen molar-refractivity contribution in [1.82, 2.24) is 5.31 Å². The van der Waals surface area contributed by atoms with Crippen LogP contribution in [0, 0.1) is 0 Å². The van der Waals surface area contributed by atoms with E-state index in [1.807, 2.05) is 0 Å². The molecule has 2 heteroatoms. The van der Waals surface area contributed by atoms with Crippen LogP contribution in [0.1, 0.15) is 21.0 Å². The molecule has 1 fully saturated rings. The van der Waals surface area contributed by atoms with Crippen LogP contribution >= 0.6 is 0 Å². The Labute approximate surface area is 46.4 Å². The number of amides is 1. The van der Waals surface area contributed by atoms with Gasteiger partial charge in [0, 0.05) is 21.1 Å². The van der Waals surface area contributed by atoms with E-state index in [2.05, 4.69) is 0 Å². The van der Waals surface area contributed by atoms with E-state index in [4.69, 9.17) is 9.64 Å². The third kappa shape index (κ3) is 0.506. The summed E-state index contributed by atoms with van der Waals surface area (Å²) in [6.45, 7) is -2.94. The predicted octanol–water partition coefficient (Wildman–Crippen LogP) is -0.104. The minimum Gasteiger partial charge on any atom is -0.356 e. The van der Waals surface area contributed by atoms with Gasteiger partial charge in [0.1, 0.15) is 0 Å². The van der Waals surface area contributed by atoms with Crippen LogP contribution in [0.4, 0.5) is 0 Å². The first kappa shape index (κ1) is 0.703. The van der Waals surface area contributed by atoms with E-state index in [1.54, 1.807) is 0 Å². The van der Waals surface area contributed by atoms with E-state index < -0.39 is 25.1 Å². The van der Waals surface area contributed by atoms with E-state index >= 15 is 0 Å². The van der Waals surface area contributed by atoms with Crippen molar-refractivity contribution in [1.29, 1.82) is 0 Å². The van der Waals surface area contributed by atoms with Gasteiger partial charge in [-0.25, -0.2) is 0 Å². The molecule has 1 aliphatic rings. The van der Waals surface area contributed by atoms with E-state index in [-0.39, 0.29) is 5.31 Å². The first-order chi connectivity index (χ1) is 5.57. The van der Waals surface area contributed by atoms with Gasteiger partial charge < -0.3 is 5.31 Å². The molecular formula is C4H7NO. The Balaban J connectivity index is 3.31. The predicted molar refractivity (Wildman–Crippen MR) is 22.2 cm³/mol. The Morgan fingerprint density at radius 1 is 2.17 bits per heavy atom. The summed E-state index contributed by atoms with van der Waals surface area (Å²) in [6, 6.07) is 0. The van der Waals surface area contributed by atoms with E-state index in [1.165, 1.54) is 0 Å². The lowest BCUT2D eigenvalue weighted by molar-refractivity contribution is -0.119. The molecular weight excluding hydrogens is 78.0 g/mol. The highest BCUT2D eigenvalue weighted by atomic mass is 16.1. The molecule has 0 unspecified atom stereocenters. The van der Waals surface area contributed by atoms with E-state index in [0.29, 0.717) is 0 Å². The third-order valence-corrected chi connectivity index (χ3v) is 0.383.